The van der Waals surface area contributed by atoms with Gasteiger partial charge in [0.15, 0.2) is 0 Å². The monoisotopic (exact) mass is 218 g/mol. The molecular weight excluding hydrogens is 204 g/mol. The number of ether oxygens (including phenoxy) is 1. The molecule has 1 aromatic rings. The number of hydrogen-bond donors (Lipinski definition) is 1. The van der Waals surface area contributed by atoms with E-state index in [-0.39, 0.29) is 5.76 Å². The second-order valence-electron chi connectivity index (χ2n) is 4.10. The third-order valence-corrected chi connectivity index (χ3v) is 2.94. The molecule has 0 fully saturated rings. The van der Waals surface area contributed by atoms with Gasteiger partial charge in [-0.2, -0.15) is 0 Å². The molecule has 84 valence electrons. The van der Waals surface area contributed by atoms with Crippen molar-refractivity contribution in [3.8, 4) is 0 Å². The summed E-state index contributed by atoms with van der Waals surface area (Å²) in [5.74, 6) is -0.389. The molecule has 1 aliphatic carbocycles. The molecule has 3 nitrogen and oxygen atoms in total. The number of hydrogen-bond acceptors (Lipinski definition) is 3. The fourth-order valence-electron chi connectivity index (χ4n) is 2.16. The first-order valence-corrected chi connectivity index (χ1v) is 5.15. The van der Waals surface area contributed by atoms with Crippen molar-refractivity contribution >= 4 is 11.7 Å². The molecule has 0 saturated carbocycles. The minimum absolute atomic E-state index is 0.0636. The molecule has 1 aromatic carbocycles. The van der Waals surface area contributed by atoms with Crippen LogP contribution in [0.1, 0.15) is 22.3 Å². The van der Waals surface area contributed by atoms with Crippen LogP contribution in [0.2, 0.25) is 0 Å². The molecule has 2 rings (SSSR count). The van der Waals surface area contributed by atoms with Crippen molar-refractivity contribution in [1.82, 2.24) is 0 Å². The number of carbonyl (C=O) groups excluding carboxylic acids is 1. The lowest BCUT2D eigenvalue weighted by Crippen LogP contribution is -2.05. The normalized spacial score (nSPS) is 13.9. The fourth-order valence-corrected chi connectivity index (χ4v) is 2.16. The van der Waals surface area contributed by atoms with Crippen LogP contribution >= 0.6 is 0 Å². The smallest absolute Gasteiger partial charge is 0.337 e. The first-order valence-electron chi connectivity index (χ1n) is 5.15. The highest BCUT2D eigenvalue weighted by atomic mass is 16.5. The van der Waals surface area contributed by atoms with E-state index in [1.165, 1.54) is 7.11 Å². The lowest BCUT2D eigenvalue weighted by Gasteiger charge is -2.05. The van der Waals surface area contributed by atoms with Crippen molar-refractivity contribution in [3.63, 3.8) is 0 Å². The van der Waals surface area contributed by atoms with E-state index in [4.69, 9.17) is 0 Å². The van der Waals surface area contributed by atoms with Crippen LogP contribution in [0.25, 0.3) is 5.76 Å². The van der Waals surface area contributed by atoms with Gasteiger partial charge < -0.3 is 9.84 Å². The maximum absolute atomic E-state index is 11.4. The molecule has 0 atom stereocenters. The van der Waals surface area contributed by atoms with E-state index in [1.807, 2.05) is 26.0 Å². The standard InChI is InChI=1S/C13H14O3/c1-7-4-8(2)9-6-11(13(15)16-3)12(14)10(9)5-7/h4-5,14H,6H2,1-3H3. The summed E-state index contributed by atoms with van der Waals surface area (Å²) in [5, 5.41) is 9.97. The third kappa shape index (κ3) is 1.48. The van der Waals surface area contributed by atoms with E-state index in [9.17, 15) is 9.90 Å². The van der Waals surface area contributed by atoms with Crippen molar-refractivity contribution in [3.05, 3.63) is 40.0 Å². The van der Waals surface area contributed by atoms with E-state index in [1.54, 1.807) is 0 Å². The predicted octanol–water partition coefficient (Wildman–Crippen LogP) is 2.30. The SMILES string of the molecule is COC(=O)C1=C(O)c2cc(C)cc(C)c2C1. The van der Waals surface area contributed by atoms with Crippen LogP contribution in [0.15, 0.2) is 17.7 Å². The Morgan fingerprint density at radius 2 is 2.06 bits per heavy atom. The summed E-state index contributed by atoms with van der Waals surface area (Å²) in [6, 6.07) is 3.94. The van der Waals surface area contributed by atoms with E-state index in [0.29, 0.717) is 12.0 Å². The Morgan fingerprint density at radius 1 is 1.38 bits per heavy atom. The van der Waals surface area contributed by atoms with Crippen LogP contribution in [0.5, 0.6) is 0 Å². The Hall–Kier alpha value is -1.77. The molecule has 0 heterocycles. The zero-order valence-corrected chi connectivity index (χ0v) is 9.63. The predicted molar refractivity (Wildman–Crippen MR) is 61.2 cm³/mol. The zero-order chi connectivity index (χ0) is 11.9. The number of esters is 1. The molecule has 0 saturated heterocycles. The van der Waals surface area contributed by atoms with Crippen LogP contribution in [0, 0.1) is 13.8 Å². The van der Waals surface area contributed by atoms with Crippen LogP contribution in [-0.4, -0.2) is 18.2 Å². The number of aryl methyl sites for hydroxylation is 2. The van der Waals surface area contributed by atoms with Crippen LogP contribution in [0.3, 0.4) is 0 Å². The van der Waals surface area contributed by atoms with Gasteiger partial charge in [0.25, 0.3) is 0 Å². The quantitative estimate of drug-likeness (QED) is 0.736. The van der Waals surface area contributed by atoms with Gasteiger partial charge >= 0.3 is 5.97 Å². The van der Waals surface area contributed by atoms with Gasteiger partial charge in [-0.25, -0.2) is 4.79 Å². The van der Waals surface area contributed by atoms with E-state index >= 15 is 0 Å². The van der Waals surface area contributed by atoms with Crippen molar-refractivity contribution in [2.75, 3.05) is 7.11 Å². The minimum Gasteiger partial charge on any atom is -0.507 e. The Balaban J connectivity index is 2.54. The number of fused-ring (bicyclic) bond motifs is 1. The second-order valence-corrected chi connectivity index (χ2v) is 4.10. The van der Waals surface area contributed by atoms with Crippen LogP contribution in [0.4, 0.5) is 0 Å². The molecule has 0 aromatic heterocycles. The minimum atomic E-state index is -0.453. The number of benzene rings is 1. The lowest BCUT2D eigenvalue weighted by molar-refractivity contribution is -0.136. The Kier molecular flexibility index (Phi) is 2.46. The molecule has 3 heteroatoms. The number of carbonyl (C=O) groups is 1. The summed E-state index contributed by atoms with van der Waals surface area (Å²) in [4.78, 5) is 11.4. The highest BCUT2D eigenvalue weighted by Crippen LogP contribution is 2.34. The van der Waals surface area contributed by atoms with E-state index in [0.717, 1.165) is 22.3 Å². The highest BCUT2D eigenvalue weighted by Gasteiger charge is 2.27. The summed E-state index contributed by atoms with van der Waals surface area (Å²) >= 11 is 0. The number of methoxy groups -OCH3 is 1. The van der Waals surface area contributed by atoms with Crippen molar-refractivity contribution in [2.24, 2.45) is 0 Å². The van der Waals surface area contributed by atoms with Crippen molar-refractivity contribution < 1.29 is 14.6 Å². The molecule has 0 unspecified atom stereocenters. The van der Waals surface area contributed by atoms with Gasteiger partial charge in [-0.05, 0) is 31.0 Å². The first-order chi connectivity index (χ1) is 7.54. The second kappa shape index (κ2) is 3.67. The summed E-state index contributed by atoms with van der Waals surface area (Å²) in [6.45, 7) is 3.95. The van der Waals surface area contributed by atoms with Crippen molar-refractivity contribution in [2.45, 2.75) is 20.3 Å². The fraction of sp³-hybridized carbons (Fsp3) is 0.308. The lowest BCUT2D eigenvalue weighted by atomic mass is 10.0. The van der Waals surface area contributed by atoms with Gasteiger partial charge in [0, 0.05) is 12.0 Å². The van der Waals surface area contributed by atoms with Crippen LogP contribution < -0.4 is 0 Å². The summed E-state index contributed by atoms with van der Waals surface area (Å²) < 4.78 is 4.65. The van der Waals surface area contributed by atoms with E-state index in [2.05, 4.69) is 4.74 Å². The van der Waals surface area contributed by atoms with Gasteiger partial charge in [-0.15, -0.1) is 0 Å². The third-order valence-electron chi connectivity index (χ3n) is 2.94. The first kappa shape index (κ1) is 10.7. The average Bonchev–Trinajstić information content (AvgIpc) is 2.56. The molecule has 1 N–H and O–H groups in total. The van der Waals surface area contributed by atoms with Gasteiger partial charge in [0.1, 0.15) is 5.76 Å². The largest absolute Gasteiger partial charge is 0.507 e. The Labute approximate surface area is 94.4 Å². The maximum atomic E-state index is 11.4. The molecule has 0 radical (unpaired) electrons. The van der Waals surface area contributed by atoms with Crippen molar-refractivity contribution in [1.29, 1.82) is 0 Å². The van der Waals surface area contributed by atoms with Gasteiger partial charge in [0.05, 0.1) is 12.7 Å². The van der Waals surface area contributed by atoms with Crippen LogP contribution in [-0.2, 0) is 16.0 Å². The van der Waals surface area contributed by atoms with Gasteiger partial charge in [0.2, 0.25) is 0 Å². The van der Waals surface area contributed by atoms with Gasteiger partial charge in [-0.1, -0.05) is 11.6 Å². The molecule has 1 aliphatic rings. The summed E-state index contributed by atoms with van der Waals surface area (Å²) in [7, 11) is 1.32. The number of aliphatic hydroxyl groups excluding tert-OH is 1. The molecule has 16 heavy (non-hydrogen) atoms. The summed E-state index contributed by atoms with van der Waals surface area (Å²) in [6.07, 6.45) is 0.458. The van der Waals surface area contributed by atoms with E-state index < -0.39 is 5.97 Å². The topological polar surface area (TPSA) is 46.5 Å². The Bertz CT molecular complexity index is 498. The molecule has 0 spiro atoms. The highest BCUT2D eigenvalue weighted by molar-refractivity contribution is 5.99. The average molecular weight is 218 g/mol. The number of rotatable bonds is 1. The van der Waals surface area contributed by atoms with Gasteiger partial charge in [-0.3, -0.25) is 0 Å². The number of aliphatic hydroxyl groups is 1. The molecule has 0 aliphatic heterocycles. The summed E-state index contributed by atoms with van der Waals surface area (Å²) in [5.41, 5.74) is 4.31. The molecule has 0 amide bonds. The zero-order valence-electron chi connectivity index (χ0n) is 9.63. The molecule has 0 bridgehead atoms. The Morgan fingerprint density at radius 3 is 2.69 bits per heavy atom. The maximum Gasteiger partial charge on any atom is 0.337 e. The molecular formula is C13H14O3.